The van der Waals surface area contributed by atoms with Crippen molar-refractivity contribution < 1.29 is 9.84 Å². The fraction of sp³-hybridized carbons (Fsp3) is 0.750. The number of aryl methyl sites for hydroxylation is 1. The molecule has 0 aromatic carbocycles. The van der Waals surface area contributed by atoms with E-state index in [1.54, 1.807) is 0 Å². The number of ether oxygens (including phenoxy) is 1. The first-order valence-electron chi connectivity index (χ1n) is 7.84. The summed E-state index contributed by atoms with van der Waals surface area (Å²) in [6.45, 7) is 8.21. The van der Waals surface area contributed by atoms with E-state index in [0.29, 0.717) is 17.7 Å². The summed E-state index contributed by atoms with van der Waals surface area (Å²) < 4.78 is 5.66. The predicted molar refractivity (Wildman–Crippen MR) is 83.6 cm³/mol. The summed E-state index contributed by atoms with van der Waals surface area (Å²) in [5, 5.41) is 13.2. The van der Waals surface area contributed by atoms with Gasteiger partial charge < -0.3 is 15.2 Å². The minimum absolute atomic E-state index is 0.0775. The first kappa shape index (κ1) is 16.0. The van der Waals surface area contributed by atoms with Gasteiger partial charge in [-0.15, -0.1) is 0 Å². The zero-order chi connectivity index (χ0) is 15.5. The molecule has 1 aromatic heterocycles. The van der Waals surface area contributed by atoms with E-state index in [-0.39, 0.29) is 18.2 Å². The number of aromatic nitrogens is 2. The minimum atomic E-state index is -0.305. The largest absolute Gasteiger partial charge is 0.475 e. The van der Waals surface area contributed by atoms with Gasteiger partial charge in [-0.1, -0.05) is 19.8 Å². The van der Waals surface area contributed by atoms with Crippen molar-refractivity contribution in [2.45, 2.75) is 65.0 Å². The molecule has 21 heavy (non-hydrogen) atoms. The number of nitrogens with one attached hydrogen (secondary N) is 1. The highest BCUT2D eigenvalue weighted by atomic mass is 16.5. The van der Waals surface area contributed by atoms with Crippen molar-refractivity contribution in [2.75, 3.05) is 11.9 Å². The molecule has 2 rings (SSSR count). The Bertz CT molecular complexity index is 479. The monoisotopic (exact) mass is 293 g/mol. The third-order valence-electron chi connectivity index (χ3n) is 3.96. The predicted octanol–water partition coefficient (Wildman–Crippen LogP) is 2.93. The molecule has 0 aliphatic heterocycles. The van der Waals surface area contributed by atoms with E-state index in [2.05, 4.69) is 22.2 Å². The van der Waals surface area contributed by atoms with E-state index in [1.807, 2.05) is 26.8 Å². The SMILES string of the molecule is Cc1cc(OC(C)C)nc(NC2(CO)CCCC(C)C2)n1. The van der Waals surface area contributed by atoms with Gasteiger partial charge in [0.2, 0.25) is 11.8 Å². The van der Waals surface area contributed by atoms with Crippen molar-refractivity contribution in [1.82, 2.24) is 9.97 Å². The van der Waals surface area contributed by atoms with Crippen molar-refractivity contribution in [3.05, 3.63) is 11.8 Å². The summed E-state index contributed by atoms with van der Waals surface area (Å²) in [5.41, 5.74) is 0.556. The van der Waals surface area contributed by atoms with E-state index >= 15 is 0 Å². The van der Waals surface area contributed by atoms with Crippen molar-refractivity contribution in [3.63, 3.8) is 0 Å². The number of anilines is 1. The first-order valence-corrected chi connectivity index (χ1v) is 7.84. The second-order valence-corrected chi connectivity index (χ2v) is 6.60. The van der Waals surface area contributed by atoms with Crippen LogP contribution < -0.4 is 10.1 Å². The van der Waals surface area contributed by atoms with Crippen molar-refractivity contribution >= 4 is 5.95 Å². The van der Waals surface area contributed by atoms with Gasteiger partial charge in [0.25, 0.3) is 0 Å². The summed E-state index contributed by atoms with van der Waals surface area (Å²) >= 11 is 0. The van der Waals surface area contributed by atoms with Crippen LogP contribution in [-0.2, 0) is 0 Å². The summed E-state index contributed by atoms with van der Waals surface area (Å²) in [4.78, 5) is 8.87. The lowest BCUT2D eigenvalue weighted by atomic mass is 9.77. The Morgan fingerprint density at radius 1 is 1.48 bits per heavy atom. The molecule has 118 valence electrons. The van der Waals surface area contributed by atoms with Crippen LogP contribution in [0.15, 0.2) is 6.07 Å². The Morgan fingerprint density at radius 3 is 2.86 bits per heavy atom. The Hall–Kier alpha value is -1.36. The standard InChI is InChI=1S/C16H27N3O2/c1-11(2)21-14-8-13(4)17-15(18-14)19-16(10-20)7-5-6-12(3)9-16/h8,11-12,20H,5-7,9-10H2,1-4H3,(H,17,18,19). The maximum atomic E-state index is 9.86. The van der Waals surface area contributed by atoms with E-state index in [0.717, 1.165) is 25.0 Å². The highest BCUT2D eigenvalue weighted by Gasteiger charge is 2.35. The molecule has 2 N–H and O–H groups in total. The van der Waals surface area contributed by atoms with Gasteiger partial charge >= 0.3 is 0 Å². The fourth-order valence-corrected chi connectivity index (χ4v) is 3.09. The van der Waals surface area contributed by atoms with Crippen molar-refractivity contribution in [2.24, 2.45) is 5.92 Å². The van der Waals surface area contributed by atoms with Crippen LogP contribution >= 0.6 is 0 Å². The van der Waals surface area contributed by atoms with Gasteiger partial charge in [0.15, 0.2) is 0 Å². The molecule has 2 unspecified atom stereocenters. The van der Waals surface area contributed by atoms with Crippen LogP contribution in [0.1, 0.15) is 52.1 Å². The first-order chi connectivity index (χ1) is 9.92. The van der Waals surface area contributed by atoms with Crippen molar-refractivity contribution in [3.8, 4) is 5.88 Å². The quantitative estimate of drug-likeness (QED) is 0.873. The third kappa shape index (κ3) is 4.30. The number of aliphatic hydroxyl groups excluding tert-OH is 1. The summed E-state index contributed by atoms with van der Waals surface area (Å²) in [6.07, 6.45) is 4.32. The summed E-state index contributed by atoms with van der Waals surface area (Å²) in [7, 11) is 0. The highest BCUT2D eigenvalue weighted by Crippen LogP contribution is 2.34. The van der Waals surface area contributed by atoms with Gasteiger partial charge in [-0.3, -0.25) is 0 Å². The number of aliphatic hydroxyl groups is 1. The van der Waals surface area contributed by atoms with Crippen LogP contribution in [0.3, 0.4) is 0 Å². The van der Waals surface area contributed by atoms with Crippen LogP contribution in [0.25, 0.3) is 0 Å². The molecule has 2 atom stereocenters. The van der Waals surface area contributed by atoms with Crippen LogP contribution in [0.5, 0.6) is 5.88 Å². The molecule has 1 saturated carbocycles. The number of nitrogens with zero attached hydrogens (tertiary/aromatic N) is 2. The second kappa shape index (κ2) is 6.60. The number of hydrogen-bond acceptors (Lipinski definition) is 5. The van der Waals surface area contributed by atoms with Crippen LogP contribution in [0, 0.1) is 12.8 Å². The average molecular weight is 293 g/mol. The molecule has 0 saturated heterocycles. The Morgan fingerprint density at radius 2 is 2.24 bits per heavy atom. The van der Waals surface area contributed by atoms with Crippen LogP contribution in [0.2, 0.25) is 0 Å². The topological polar surface area (TPSA) is 67.3 Å². The number of rotatable bonds is 5. The normalized spacial score (nSPS) is 25.9. The molecule has 1 aromatic rings. The molecule has 1 aliphatic carbocycles. The van der Waals surface area contributed by atoms with Gasteiger partial charge in [-0.2, -0.15) is 4.98 Å². The molecule has 0 bridgehead atoms. The van der Waals surface area contributed by atoms with Crippen LogP contribution in [-0.4, -0.2) is 33.3 Å². The van der Waals surface area contributed by atoms with Crippen molar-refractivity contribution in [1.29, 1.82) is 0 Å². The second-order valence-electron chi connectivity index (χ2n) is 6.60. The molecule has 0 radical (unpaired) electrons. The lowest BCUT2D eigenvalue weighted by Gasteiger charge is -2.39. The molecule has 1 aliphatic rings. The smallest absolute Gasteiger partial charge is 0.226 e. The average Bonchev–Trinajstić information content (AvgIpc) is 2.37. The molecule has 1 fully saturated rings. The molecule has 0 amide bonds. The van der Waals surface area contributed by atoms with E-state index < -0.39 is 0 Å². The number of hydrogen-bond donors (Lipinski definition) is 2. The van der Waals surface area contributed by atoms with E-state index in [9.17, 15) is 5.11 Å². The molecular formula is C16H27N3O2. The molecule has 5 nitrogen and oxygen atoms in total. The molecule has 5 heteroatoms. The zero-order valence-electron chi connectivity index (χ0n) is 13.5. The van der Waals surface area contributed by atoms with Crippen LogP contribution in [0.4, 0.5) is 5.95 Å². The molecule has 1 heterocycles. The van der Waals surface area contributed by atoms with Gasteiger partial charge in [0.05, 0.1) is 18.2 Å². The Labute approximate surface area is 127 Å². The third-order valence-corrected chi connectivity index (χ3v) is 3.96. The van der Waals surface area contributed by atoms with Gasteiger partial charge in [0.1, 0.15) is 0 Å². The summed E-state index contributed by atoms with van der Waals surface area (Å²) in [5.74, 6) is 1.74. The summed E-state index contributed by atoms with van der Waals surface area (Å²) in [6, 6.07) is 1.83. The highest BCUT2D eigenvalue weighted by molar-refractivity contribution is 5.34. The molecule has 0 spiro atoms. The fourth-order valence-electron chi connectivity index (χ4n) is 3.09. The zero-order valence-corrected chi connectivity index (χ0v) is 13.5. The Kier molecular flexibility index (Phi) is 5.04. The minimum Gasteiger partial charge on any atom is -0.475 e. The molecular weight excluding hydrogens is 266 g/mol. The maximum absolute atomic E-state index is 9.86. The van der Waals surface area contributed by atoms with E-state index in [4.69, 9.17) is 4.74 Å². The lowest BCUT2D eigenvalue weighted by Crippen LogP contribution is -2.46. The Balaban J connectivity index is 2.18. The maximum Gasteiger partial charge on any atom is 0.226 e. The van der Waals surface area contributed by atoms with Gasteiger partial charge in [0, 0.05) is 11.8 Å². The van der Waals surface area contributed by atoms with Gasteiger partial charge in [-0.25, -0.2) is 4.98 Å². The van der Waals surface area contributed by atoms with E-state index in [1.165, 1.54) is 6.42 Å². The van der Waals surface area contributed by atoms with Gasteiger partial charge in [-0.05, 0) is 39.5 Å². The lowest BCUT2D eigenvalue weighted by molar-refractivity contribution is 0.148.